The third-order valence-corrected chi connectivity index (χ3v) is 5.18. The summed E-state index contributed by atoms with van der Waals surface area (Å²) in [4.78, 5) is 22.9. The summed E-state index contributed by atoms with van der Waals surface area (Å²) in [7, 11) is -3.89. The first-order valence-corrected chi connectivity index (χ1v) is 8.36. The molecule has 0 spiro atoms. The van der Waals surface area contributed by atoms with E-state index in [1.807, 2.05) is 0 Å². The van der Waals surface area contributed by atoms with Gasteiger partial charge in [0.1, 0.15) is 5.54 Å². The second kappa shape index (κ2) is 5.86. The van der Waals surface area contributed by atoms with Crippen molar-refractivity contribution in [3.8, 4) is 0 Å². The van der Waals surface area contributed by atoms with E-state index in [0.29, 0.717) is 17.9 Å². The number of rotatable bonds is 6. The molecule has 0 heterocycles. The summed E-state index contributed by atoms with van der Waals surface area (Å²) < 4.78 is 26.5. The van der Waals surface area contributed by atoms with Crippen LogP contribution in [-0.4, -0.2) is 37.0 Å². The minimum Gasteiger partial charge on any atom is -0.480 e. The third kappa shape index (κ3) is 3.57. The van der Waals surface area contributed by atoms with Gasteiger partial charge in [-0.3, -0.25) is 4.79 Å². The van der Waals surface area contributed by atoms with Crippen LogP contribution in [0.3, 0.4) is 0 Å². The molecule has 0 aromatic heterocycles. The molecule has 1 amide bonds. The second-order valence-corrected chi connectivity index (χ2v) is 7.32. The third-order valence-electron chi connectivity index (χ3n) is 3.37. The highest BCUT2D eigenvalue weighted by Gasteiger charge is 2.52. The molecule has 1 saturated carbocycles. The van der Waals surface area contributed by atoms with E-state index < -0.39 is 33.5 Å². The van der Waals surface area contributed by atoms with Gasteiger partial charge >= 0.3 is 5.97 Å². The van der Waals surface area contributed by atoms with E-state index >= 15 is 0 Å². The van der Waals surface area contributed by atoms with Gasteiger partial charge in [-0.2, -0.15) is 4.72 Å². The van der Waals surface area contributed by atoms with Crippen molar-refractivity contribution in [2.75, 3.05) is 0 Å². The fraction of sp³-hybridized carbons (Fsp3) is 0.385. The number of hydrogen-bond donors (Lipinski definition) is 3. The lowest BCUT2D eigenvalue weighted by molar-refractivity contribution is -0.143. The molecule has 7 nitrogen and oxygen atoms in total. The van der Waals surface area contributed by atoms with Gasteiger partial charge in [-0.25, -0.2) is 13.2 Å². The van der Waals surface area contributed by atoms with Gasteiger partial charge in [-0.1, -0.05) is 11.6 Å². The van der Waals surface area contributed by atoms with Crippen molar-refractivity contribution < 1.29 is 23.1 Å². The van der Waals surface area contributed by atoms with Gasteiger partial charge in [-0.15, -0.1) is 0 Å². The Morgan fingerprint density at radius 2 is 1.82 bits per heavy atom. The number of aliphatic carboxylic acids is 1. The maximum absolute atomic E-state index is 12.1. The van der Waals surface area contributed by atoms with Gasteiger partial charge in [0, 0.05) is 5.02 Å². The van der Waals surface area contributed by atoms with Crippen LogP contribution >= 0.6 is 11.6 Å². The van der Waals surface area contributed by atoms with Gasteiger partial charge in [0.05, 0.1) is 10.9 Å². The number of benzene rings is 1. The fourth-order valence-corrected chi connectivity index (χ4v) is 3.16. The number of sulfonamides is 1. The van der Waals surface area contributed by atoms with Crippen molar-refractivity contribution in [1.29, 1.82) is 0 Å². The van der Waals surface area contributed by atoms with E-state index in [2.05, 4.69) is 10.0 Å². The van der Waals surface area contributed by atoms with E-state index in [4.69, 9.17) is 16.7 Å². The van der Waals surface area contributed by atoms with Crippen LogP contribution in [0.25, 0.3) is 0 Å². The lowest BCUT2D eigenvalue weighted by atomic mass is 10.2. The molecule has 2 rings (SSSR count). The highest BCUT2D eigenvalue weighted by atomic mass is 35.5. The molecule has 3 N–H and O–H groups in total. The minimum absolute atomic E-state index is 0.0316. The van der Waals surface area contributed by atoms with E-state index in [0.717, 1.165) is 0 Å². The molecule has 1 aliphatic carbocycles. The van der Waals surface area contributed by atoms with Crippen LogP contribution in [0, 0.1) is 0 Å². The Balaban J connectivity index is 2.04. The molecular weight excluding hydrogens is 332 g/mol. The maximum atomic E-state index is 12.1. The van der Waals surface area contributed by atoms with Crippen LogP contribution in [0.4, 0.5) is 0 Å². The zero-order valence-electron chi connectivity index (χ0n) is 11.7. The van der Waals surface area contributed by atoms with Crippen LogP contribution in [-0.2, 0) is 19.6 Å². The topological polar surface area (TPSA) is 113 Å². The van der Waals surface area contributed by atoms with E-state index in [1.165, 1.54) is 31.2 Å². The number of hydrogen-bond acceptors (Lipinski definition) is 4. The molecule has 9 heteroatoms. The summed E-state index contributed by atoms with van der Waals surface area (Å²) in [6.07, 6.45) is 0.676. The summed E-state index contributed by atoms with van der Waals surface area (Å²) in [6, 6.07) is 4.37. The Bertz CT molecular complexity index is 698. The molecule has 1 fully saturated rings. The second-order valence-electron chi connectivity index (χ2n) is 5.17. The minimum atomic E-state index is -3.89. The lowest BCUT2D eigenvalue weighted by Crippen LogP contribution is -2.51. The van der Waals surface area contributed by atoms with Gasteiger partial charge < -0.3 is 10.4 Å². The summed E-state index contributed by atoms with van der Waals surface area (Å²) in [6.45, 7) is 1.35. The molecule has 22 heavy (non-hydrogen) atoms. The van der Waals surface area contributed by atoms with E-state index in [-0.39, 0.29) is 4.90 Å². The number of nitrogens with one attached hydrogen (secondary N) is 2. The molecule has 0 saturated heterocycles. The number of carbonyl (C=O) groups excluding carboxylic acids is 1. The van der Waals surface area contributed by atoms with Crippen molar-refractivity contribution in [3.05, 3.63) is 29.3 Å². The number of carboxylic acids is 1. The first kappa shape index (κ1) is 16.7. The lowest BCUT2D eigenvalue weighted by Gasteiger charge is -2.18. The summed E-state index contributed by atoms with van der Waals surface area (Å²) in [5.74, 6) is -1.80. The van der Waals surface area contributed by atoms with Crippen LogP contribution < -0.4 is 10.0 Å². The zero-order chi connectivity index (χ0) is 16.5. The van der Waals surface area contributed by atoms with E-state index in [9.17, 15) is 18.0 Å². The predicted octanol–water partition coefficient (Wildman–Crippen LogP) is 0.740. The molecule has 1 aromatic carbocycles. The molecule has 0 aliphatic heterocycles. The predicted molar refractivity (Wildman–Crippen MR) is 79.0 cm³/mol. The molecule has 1 atom stereocenters. The Morgan fingerprint density at radius 1 is 1.27 bits per heavy atom. The quantitative estimate of drug-likeness (QED) is 0.703. The monoisotopic (exact) mass is 346 g/mol. The Kier molecular flexibility index (Phi) is 4.46. The Morgan fingerprint density at radius 3 is 2.27 bits per heavy atom. The van der Waals surface area contributed by atoms with Gasteiger partial charge in [0.25, 0.3) is 0 Å². The highest BCUT2D eigenvalue weighted by molar-refractivity contribution is 7.89. The number of carboxylic acid groups (broad SMARTS) is 1. The number of amides is 1. The van der Waals surface area contributed by atoms with Crippen molar-refractivity contribution in [1.82, 2.24) is 10.0 Å². The van der Waals surface area contributed by atoms with Crippen LogP contribution in [0.1, 0.15) is 19.8 Å². The Labute approximate surface area is 132 Å². The maximum Gasteiger partial charge on any atom is 0.329 e. The first-order valence-electron chi connectivity index (χ1n) is 6.50. The van der Waals surface area contributed by atoms with Crippen LogP contribution in [0.2, 0.25) is 5.02 Å². The average Bonchev–Trinajstić information content (AvgIpc) is 3.19. The summed E-state index contributed by atoms with van der Waals surface area (Å²) in [5.41, 5.74) is -1.25. The normalized spacial score (nSPS) is 17.5. The standard InChI is InChI=1S/C13H15ClN2O5S/c1-8(11(17)15-13(6-7-13)12(18)19)16-22(20,21)10-4-2-9(14)3-5-10/h2-5,8,16H,6-7H2,1H3,(H,15,17)(H,18,19). The molecule has 120 valence electrons. The summed E-state index contributed by atoms with van der Waals surface area (Å²) in [5, 5.41) is 11.8. The van der Waals surface area contributed by atoms with Crippen molar-refractivity contribution in [2.24, 2.45) is 0 Å². The van der Waals surface area contributed by atoms with Gasteiger partial charge in [0.15, 0.2) is 0 Å². The van der Waals surface area contributed by atoms with E-state index in [1.54, 1.807) is 0 Å². The molecule has 0 radical (unpaired) electrons. The zero-order valence-corrected chi connectivity index (χ0v) is 13.2. The molecule has 1 aliphatic rings. The smallest absolute Gasteiger partial charge is 0.329 e. The van der Waals surface area contributed by atoms with Gasteiger partial charge in [-0.05, 0) is 44.0 Å². The number of carbonyl (C=O) groups is 2. The van der Waals surface area contributed by atoms with Gasteiger partial charge in [0.2, 0.25) is 15.9 Å². The SMILES string of the molecule is CC(NS(=O)(=O)c1ccc(Cl)cc1)C(=O)NC1(C(=O)O)CC1. The molecule has 1 unspecified atom stereocenters. The molecule has 0 bridgehead atoms. The van der Waals surface area contributed by atoms with Crippen molar-refractivity contribution in [3.63, 3.8) is 0 Å². The van der Waals surface area contributed by atoms with Crippen LogP contribution in [0.5, 0.6) is 0 Å². The van der Waals surface area contributed by atoms with Crippen molar-refractivity contribution in [2.45, 2.75) is 36.2 Å². The average molecular weight is 347 g/mol. The highest BCUT2D eigenvalue weighted by Crippen LogP contribution is 2.35. The molecule has 1 aromatic rings. The first-order chi connectivity index (χ1) is 10.2. The largest absolute Gasteiger partial charge is 0.480 e. The molecular formula is C13H15ClN2O5S. The number of halogens is 1. The summed E-state index contributed by atoms with van der Waals surface area (Å²) >= 11 is 5.69. The van der Waals surface area contributed by atoms with Crippen LogP contribution in [0.15, 0.2) is 29.2 Å². The Hall–Kier alpha value is -1.64. The van der Waals surface area contributed by atoms with Crippen molar-refractivity contribution >= 4 is 33.5 Å². The fourth-order valence-electron chi connectivity index (χ4n) is 1.83.